The Bertz CT molecular complexity index is 921. The summed E-state index contributed by atoms with van der Waals surface area (Å²) in [4.78, 5) is 12.0. The SMILES string of the molecule is CC=O.CCCC(CCC(C)CC)c1cc(N)on1.Cc1cc2cc(Cl)cc(Cl)c2[nH]1. The molecule has 1 aromatic carbocycles. The monoisotopic (exact) mass is 467 g/mol. The fourth-order valence-corrected chi connectivity index (χ4v) is 3.84. The van der Waals surface area contributed by atoms with Crippen LogP contribution in [0.25, 0.3) is 10.9 Å². The van der Waals surface area contributed by atoms with E-state index in [0.717, 1.165) is 34.5 Å². The van der Waals surface area contributed by atoms with Gasteiger partial charge in [-0.2, -0.15) is 0 Å². The highest BCUT2D eigenvalue weighted by molar-refractivity contribution is 6.38. The summed E-state index contributed by atoms with van der Waals surface area (Å²) in [5.41, 5.74) is 8.64. The van der Waals surface area contributed by atoms with Crippen molar-refractivity contribution in [2.24, 2.45) is 5.92 Å². The van der Waals surface area contributed by atoms with E-state index < -0.39 is 0 Å². The third kappa shape index (κ3) is 9.36. The van der Waals surface area contributed by atoms with Crippen LogP contribution in [0, 0.1) is 12.8 Å². The minimum atomic E-state index is 0.430. The van der Waals surface area contributed by atoms with Crippen LogP contribution in [0.5, 0.6) is 0 Å². The van der Waals surface area contributed by atoms with E-state index in [1.165, 1.54) is 39.0 Å². The molecule has 2 aromatic heterocycles. The van der Waals surface area contributed by atoms with E-state index in [2.05, 4.69) is 30.9 Å². The third-order valence-electron chi connectivity index (χ3n) is 5.09. The van der Waals surface area contributed by atoms with E-state index in [1.54, 1.807) is 6.07 Å². The van der Waals surface area contributed by atoms with Gasteiger partial charge < -0.3 is 20.0 Å². The molecule has 3 N–H and O–H groups in total. The van der Waals surface area contributed by atoms with Gasteiger partial charge in [0.2, 0.25) is 5.88 Å². The molecule has 0 aliphatic heterocycles. The molecule has 0 aliphatic rings. The molecule has 7 heteroatoms. The number of hydrogen-bond donors (Lipinski definition) is 2. The van der Waals surface area contributed by atoms with Crippen molar-refractivity contribution in [3.05, 3.63) is 45.7 Å². The van der Waals surface area contributed by atoms with E-state index in [-0.39, 0.29) is 0 Å². The minimum absolute atomic E-state index is 0.430. The van der Waals surface area contributed by atoms with Crippen LogP contribution in [0.3, 0.4) is 0 Å². The molecule has 0 saturated heterocycles. The van der Waals surface area contributed by atoms with Crippen molar-refractivity contribution >= 4 is 46.3 Å². The van der Waals surface area contributed by atoms with Gasteiger partial charge in [-0.15, -0.1) is 0 Å². The summed E-state index contributed by atoms with van der Waals surface area (Å²) >= 11 is 11.8. The standard InChI is InChI=1S/C13H24N2O.C9H7Cl2N.C2H4O/c1-4-6-11(8-7-10(3)5-2)12-9-13(14)16-15-12;1-5-2-6-3-7(10)4-8(11)9(6)12-5;1-2-3/h9-11H,4-8,14H2,1-3H3;2-4,12H,1H3;2H,1H3. The topological polar surface area (TPSA) is 84.9 Å². The Hall–Kier alpha value is -1.98. The zero-order chi connectivity index (χ0) is 23.4. The molecule has 0 radical (unpaired) electrons. The van der Waals surface area contributed by atoms with Gasteiger partial charge >= 0.3 is 0 Å². The number of nitrogen functional groups attached to an aromatic ring is 1. The lowest BCUT2D eigenvalue weighted by atomic mass is 9.90. The number of nitrogens with zero attached hydrogens (tertiary/aromatic N) is 1. The quantitative estimate of drug-likeness (QED) is 0.345. The van der Waals surface area contributed by atoms with Crippen molar-refractivity contribution in [3.8, 4) is 0 Å². The van der Waals surface area contributed by atoms with E-state index in [0.29, 0.717) is 21.8 Å². The number of aldehydes is 1. The zero-order valence-electron chi connectivity index (χ0n) is 19.2. The van der Waals surface area contributed by atoms with E-state index >= 15 is 0 Å². The summed E-state index contributed by atoms with van der Waals surface area (Å²) in [6.45, 7) is 10.2. The number of nitrogens with one attached hydrogen (secondary N) is 1. The summed E-state index contributed by atoms with van der Waals surface area (Å²) in [7, 11) is 0. The Kier molecular flexibility index (Phi) is 12.4. The maximum atomic E-state index is 8.81. The summed E-state index contributed by atoms with van der Waals surface area (Å²) in [5, 5.41) is 6.44. The number of benzene rings is 1. The molecule has 0 aliphatic carbocycles. The summed E-state index contributed by atoms with van der Waals surface area (Å²) in [6.07, 6.45) is 6.79. The van der Waals surface area contributed by atoms with Gasteiger partial charge in [0.1, 0.15) is 6.29 Å². The number of aromatic nitrogens is 2. The molecule has 2 atom stereocenters. The fraction of sp³-hybridized carbons (Fsp3) is 0.500. The molecular weight excluding hydrogens is 433 g/mol. The van der Waals surface area contributed by atoms with Crippen LogP contribution >= 0.6 is 23.2 Å². The Morgan fingerprint density at radius 1 is 1.16 bits per heavy atom. The van der Waals surface area contributed by atoms with Gasteiger partial charge in [0.25, 0.3) is 0 Å². The molecule has 3 aromatic rings. The molecule has 172 valence electrons. The molecule has 0 fully saturated rings. The number of carbonyl (C=O) groups is 1. The van der Waals surface area contributed by atoms with Crippen molar-refractivity contribution in [2.75, 3.05) is 5.73 Å². The lowest BCUT2D eigenvalue weighted by molar-refractivity contribution is -0.106. The Morgan fingerprint density at radius 2 is 1.84 bits per heavy atom. The summed E-state index contributed by atoms with van der Waals surface area (Å²) < 4.78 is 4.95. The second-order valence-corrected chi connectivity index (χ2v) is 8.61. The second kappa shape index (κ2) is 14.2. The number of nitrogens with two attached hydrogens (primary N) is 1. The predicted octanol–water partition coefficient (Wildman–Crippen LogP) is 7.96. The molecule has 0 spiro atoms. The second-order valence-electron chi connectivity index (χ2n) is 7.77. The lowest BCUT2D eigenvalue weighted by Gasteiger charge is -2.15. The maximum Gasteiger partial charge on any atom is 0.222 e. The van der Waals surface area contributed by atoms with Crippen LogP contribution in [0.4, 0.5) is 5.88 Å². The van der Waals surface area contributed by atoms with Gasteiger partial charge in [-0.3, -0.25) is 0 Å². The fourth-order valence-electron chi connectivity index (χ4n) is 3.28. The first-order valence-corrected chi connectivity index (χ1v) is 11.6. The number of carbonyl (C=O) groups excluding carboxylic acids is 1. The van der Waals surface area contributed by atoms with Gasteiger partial charge in [0, 0.05) is 28.1 Å². The Labute approximate surface area is 195 Å². The molecule has 0 amide bonds. The Balaban J connectivity index is 0.000000282. The number of hydrogen-bond acceptors (Lipinski definition) is 4. The first kappa shape index (κ1) is 27.1. The van der Waals surface area contributed by atoms with E-state index in [1.807, 2.05) is 25.1 Å². The maximum absolute atomic E-state index is 8.81. The smallest absolute Gasteiger partial charge is 0.222 e. The number of aryl methyl sites for hydroxylation is 1. The van der Waals surface area contributed by atoms with Crippen LogP contribution in [-0.4, -0.2) is 16.4 Å². The average Bonchev–Trinajstić information content (AvgIpc) is 3.31. The predicted molar refractivity (Wildman–Crippen MR) is 132 cm³/mol. The van der Waals surface area contributed by atoms with Crippen LogP contribution in [0.2, 0.25) is 10.0 Å². The normalized spacial score (nSPS) is 12.4. The van der Waals surface area contributed by atoms with Gasteiger partial charge in [-0.05, 0) is 50.8 Å². The Morgan fingerprint density at radius 3 is 2.39 bits per heavy atom. The van der Waals surface area contributed by atoms with Crippen molar-refractivity contribution in [2.45, 2.75) is 72.6 Å². The number of H-pyrrole nitrogens is 1. The highest BCUT2D eigenvalue weighted by Gasteiger charge is 2.16. The van der Waals surface area contributed by atoms with E-state index in [4.69, 9.17) is 38.3 Å². The average molecular weight is 468 g/mol. The van der Waals surface area contributed by atoms with Crippen LogP contribution in [0.1, 0.15) is 77.1 Å². The first-order chi connectivity index (χ1) is 14.7. The molecule has 31 heavy (non-hydrogen) atoms. The van der Waals surface area contributed by atoms with Crippen LogP contribution in [-0.2, 0) is 4.79 Å². The first-order valence-electron chi connectivity index (χ1n) is 10.8. The van der Waals surface area contributed by atoms with Gasteiger partial charge in [0.05, 0.1) is 16.2 Å². The highest BCUT2D eigenvalue weighted by atomic mass is 35.5. The summed E-state index contributed by atoms with van der Waals surface area (Å²) in [5.74, 6) is 1.74. The number of aromatic amines is 1. The number of halogens is 2. The number of rotatable bonds is 7. The van der Waals surface area contributed by atoms with Crippen molar-refractivity contribution in [1.82, 2.24) is 10.1 Å². The number of anilines is 1. The lowest BCUT2D eigenvalue weighted by Crippen LogP contribution is -2.02. The van der Waals surface area contributed by atoms with Gasteiger partial charge in [0.15, 0.2) is 0 Å². The van der Waals surface area contributed by atoms with Crippen LogP contribution in [0.15, 0.2) is 28.8 Å². The van der Waals surface area contributed by atoms with Crippen molar-refractivity contribution < 1.29 is 9.32 Å². The molecule has 2 heterocycles. The molecule has 2 unspecified atom stereocenters. The van der Waals surface area contributed by atoms with Crippen LogP contribution < -0.4 is 5.73 Å². The van der Waals surface area contributed by atoms with E-state index in [9.17, 15) is 0 Å². The van der Waals surface area contributed by atoms with Gasteiger partial charge in [-0.25, -0.2) is 0 Å². The minimum Gasteiger partial charge on any atom is -0.368 e. The summed E-state index contributed by atoms with van der Waals surface area (Å²) in [6, 6.07) is 7.53. The molecular formula is C24H35Cl2N3O2. The molecule has 0 bridgehead atoms. The molecule has 3 rings (SSSR count). The van der Waals surface area contributed by atoms with Crippen molar-refractivity contribution in [1.29, 1.82) is 0 Å². The van der Waals surface area contributed by atoms with Gasteiger partial charge in [-0.1, -0.05) is 68.4 Å². The largest absolute Gasteiger partial charge is 0.368 e. The molecule has 0 saturated carbocycles. The zero-order valence-corrected chi connectivity index (χ0v) is 20.7. The number of fused-ring (bicyclic) bond motifs is 1. The molecule has 5 nitrogen and oxygen atoms in total. The third-order valence-corrected chi connectivity index (χ3v) is 5.60. The van der Waals surface area contributed by atoms with Crippen molar-refractivity contribution in [3.63, 3.8) is 0 Å². The highest BCUT2D eigenvalue weighted by Crippen LogP contribution is 2.29.